The van der Waals surface area contributed by atoms with Gasteiger partial charge < -0.3 is 9.47 Å². The Morgan fingerprint density at radius 2 is 1.71 bits per heavy atom. The number of fused-ring (bicyclic) bond motifs is 1. The van der Waals surface area contributed by atoms with Crippen molar-refractivity contribution < 1.29 is 9.47 Å². The lowest BCUT2D eigenvalue weighted by atomic mass is 9.78. The zero-order chi connectivity index (χ0) is 22.3. The second-order valence-electron chi connectivity index (χ2n) is 9.56. The van der Waals surface area contributed by atoms with E-state index >= 15 is 0 Å². The molecule has 31 heavy (non-hydrogen) atoms. The van der Waals surface area contributed by atoms with Gasteiger partial charge >= 0.3 is 0 Å². The van der Waals surface area contributed by atoms with Crippen molar-refractivity contribution in [1.82, 2.24) is 4.98 Å². The van der Waals surface area contributed by atoms with E-state index in [0.29, 0.717) is 12.5 Å². The molecule has 0 radical (unpaired) electrons. The molecule has 4 rings (SSSR count). The first-order valence-electron chi connectivity index (χ1n) is 11.1. The molecule has 0 saturated carbocycles. The summed E-state index contributed by atoms with van der Waals surface area (Å²) in [6.07, 6.45) is 3.64. The third kappa shape index (κ3) is 3.82. The molecule has 1 aliphatic heterocycles. The topological polar surface area (TPSA) is 31.4 Å². The Bertz CT molecular complexity index is 1080. The Hall–Kier alpha value is -2.81. The maximum atomic E-state index is 6.58. The molecule has 3 heteroatoms. The summed E-state index contributed by atoms with van der Waals surface area (Å²) >= 11 is 0. The Labute approximate surface area is 186 Å². The number of rotatable bonds is 5. The van der Waals surface area contributed by atoms with Crippen LogP contribution < -0.4 is 9.47 Å². The van der Waals surface area contributed by atoms with Gasteiger partial charge in [-0.15, -0.1) is 0 Å². The van der Waals surface area contributed by atoms with Crippen molar-refractivity contribution in [3.8, 4) is 11.5 Å². The molecule has 162 valence electrons. The molecule has 1 unspecified atom stereocenters. The van der Waals surface area contributed by atoms with Crippen LogP contribution in [-0.4, -0.2) is 10.6 Å². The maximum absolute atomic E-state index is 6.58. The van der Waals surface area contributed by atoms with Gasteiger partial charge in [0.15, 0.2) is 0 Å². The van der Waals surface area contributed by atoms with Gasteiger partial charge in [0, 0.05) is 23.5 Å². The molecule has 2 aromatic carbocycles. The van der Waals surface area contributed by atoms with Crippen molar-refractivity contribution in [1.29, 1.82) is 0 Å². The number of ether oxygens (including phenoxy) is 2. The molecule has 3 aromatic rings. The average molecular weight is 416 g/mol. The minimum absolute atomic E-state index is 0.156. The van der Waals surface area contributed by atoms with Crippen molar-refractivity contribution in [2.75, 3.05) is 0 Å². The first kappa shape index (κ1) is 21.4. The van der Waals surface area contributed by atoms with E-state index in [2.05, 4.69) is 77.7 Å². The van der Waals surface area contributed by atoms with Crippen molar-refractivity contribution in [3.05, 3.63) is 87.7 Å². The van der Waals surface area contributed by atoms with E-state index in [1.54, 1.807) is 6.20 Å². The average Bonchev–Trinajstić information content (AvgIpc) is 3.04. The summed E-state index contributed by atoms with van der Waals surface area (Å²) in [5.41, 5.74) is 8.12. The Kier molecular flexibility index (Phi) is 5.55. The van der Waals surface area contributed by atoms with Crippen molar-refractivity contribution in [2.45, 2.75) is 72.5 Å². The lowest BCUT2D eigenvalue weighted by molar-refractivity contribution is 0.121. The quantitative estimate of drug-likeness (QED) is 0.449. The van der Waals surface area contributed by atoms with Crippen LogP contribution in [0.3, 0.4) is 0 Å². The molecule has 3 nitrogen and oxygen atoms in total. The molecular formula is C28H33NO2. The number of hydrogen-bond acceptors (Lipinski definition) is 3. The normalized spacial score (nSPS) is 16.8. The molecule has 0 fully saturated rings. The Balaban J connectivity index is 1.78. The molecule has 1 atom stereocenters. The van der Waals surface area contributed by atoms with Gasteiger partial charge in [0.2, 0.25) is 0 Å². The summed E-state index contributed by atoms with van der Waals surface area (Å²) in [5.74, 6) is 2.66. The molecule has 1 aliphatic rings. The van der Waals surface area contributed by atoms with Gasteiger partial charge in [-0.1, -0.05) is 44.2 Å². The first-order valence-corrected chi connectivity index (χ1v) is 11.1. The zero-order valence-electron chi connectivity index (χ0n) is 19.7. The Morgan fingerprint density at radius 1 is 1.00 bits per heavy atom. The van der Waals surface area contributed by atoms with Gasteiger partial charge in [-0.2, -0.15) is 0 Å². The minimum Gasteiger partial charge on any atom is -0.488 e. The highest BCUT2D eigenvalue weighted by Crippen LogP contribution is 2.54. The lowest BCUT2D eigenvalue weighted by Gasteiger charge is -2.27. The molecule has 0 saturated heterocycles. The monoisotopic (exact) mass is 415 g/mol. The molecular weight excluding hydrogens is 382 g/mol. The third-order valence-corrected chi connectivity index (χ3v) is 6.62. The minimum atomic E-state index is -0.328. The van der Waals surface area contributed by atoms with E-state index < -0.39 is 0 Å². The fourth-order valence-corrected chi connectivity index (χ4v) is 4.76. The highest BCUT2D eigenvalue weighted by molar-refractivity contribution is 5.64. The molecule has 0 amide bonds. The lowest BCUT2D eigenvalue weighted by Crippen LogP contribution is -2.31. The molecule has 2 heterocycles. The van der Waals surface area contributed by atoms with Crippen LogP contribution in [0.2, 0.25) is 0 Å². The number of aromatic nitrogens is 1. The zero-order valence-corrected chi connectivity index (χ0v) is 19.7. The summed E-state index contributed by atoms with van der Waals surface area (Å²) in [4.78, 5) is 4.21. The molecule has 0 bridgehead atoms. The van der Waals surface area contributed by atoms with Gasteiger partial charge in [-0.05, 0) is 74.4 Å². The predicted molar refractivity (Wildman–Crippen MR) is 126 cm³/mol. The summed E-state index contributed by atoms with van der Waals surface area (Å²) < 4.78 is 13.0. The van der Waals surface area contributed by atoms with E-state index in [1.807, 2.05) is 18.3 Å². The summed E-state index contributed by atoms with van der Waals surface area (Å²) in [6.45, 7) is 15.8. The van der Waals surface area contributed by atoms with Gasteiger partial charge in [-0.3, -0.25) is 4.98 Å². The third-order valence-electron chi connectivity index (χ3n) is 6.62. The van der Waals surface area contributed by atoms with Gasteiger partial charge in [0.25, 0.3) is 0 Å². The second-order valence-corrected chi connectivity index (χ2v) is 9.56. The molecule has 0 N–H and O–H groups in total. The van der Waals surface area contributed by atoms with Crippen LogP contribution >= 0.6 is 0 Å². The SMILES string of the molecule is Cc1c(C)c2c(c(C)c1OCc1cccnc1)C(c1ccc(C(C)C)cc1)C(C)(C)O2. The predicted octanol–water partition coefficient (Wildman–Crippen LogP) is 7.01. The van der Waals surface area contributed by atoms with Crippen LogP contribution in [0.5, 0.6) is 11.5 Å². The van der Waals surface area contributed by atoms with Crippen LogP contribution in [0.1, 0.15) is 78.5 Å². The fraction of sp³-hybridized carbons (Fsp3) is 0.393. The van der Waals surface area contributed by atoms with Gasteiger partial charge in [-0.25, -0.2) is 0 Å². The van der Waals surface area contributed by atoms with E-state index in [9.17, 15) is 0 Å². The van der Waals surface area contributed by atoms with Crippen LogP contribution in [0.25, 0.3) is 0 Å². The van der Waals surface area contributed by atoms with E-state index in [0.717, 1.165) is 28.2 Å². The van der Waals surface area contributed by atoms with Gasteiger partial charge in [0.05, 0.1) is 5.92 Å². The molecule has 0 spiro atoms. The number of benzene rings is 2. The van der Waals surface area contributed by atoms with Crippen LogP contribution in [0.15, 0.2) is 48.8 Å². The van der Waals surface area contributed by atoms with Crippen LogP contribution in [0, 0.1) is 20.8 Å². The van der Waals surface area contributed by atoms with Crippen molar-refractivity contribution in [3.63, 3.8) is 0 Å². The molecule has 0 aliphatic carbocycles. The van der Waals surface area contributed by atoms with Crippen molar-refractivity contribution >= 4 is 0 Å². The van der Waals surface area contributed by atoms with Crippen LogP contribution in [-0.2, 0) is 6.61 Å². The van der Waals surface area contributed by atoms with E-state index in [4.69, 9.17) is 9.47 Å². The summed E-state index contributed by atoms with van der Waals surface area (Å²) in [6, 6.07) is 13.0. The van der Waals surface area contributed by atoms with Crippen molar-refractivity contribution in [2.24, 2.45) is 0 Å². The largest absolute Gasteiger partial charge is 0.488 e. The number of pyridine rings is 1. The van der Waals surface area contributed by atoms with E-state index in [1.165, 1.54) is 22.3 Å². The standard InChI is InChI=1S/C28H33NO2/c1-17(2)22-10-12-23(13-11-22)25-24-20(5)26(30-16-21-9-8-14-29-15-21)18(3)19(4)27(24)31-28(25,6)7/h8-15,17,25H,16H2,1-7H3. The highest BCUT2D eigenvalue weighted by atomic mass is 16.5. The molecule has 1 aromatic heterocycles. The van der Waals surface area contributed by atoms with Gasteiger partial charge in [0.1, 0.15) is 23.7 Å². The summed E-state index contributed by atoms with van der Waals surface area (Å²) in [5, 5.41) is 0. The number of hydrogen-bond donors (Lipinski definition) is 0. The Morgan fingerprint density at radius 3 is 2.32 bits per heavy atom. The maximum Gasteiger partial charge on any atom is 0.127 e. The second kappa shape index (κ2) is 8.03. The summed E-state index contributed by atoms with van der Waals surface area (Å²) in [7, 11) is 0. The fourth-order valence-electron chi connectivity index (χ4n) is 4.76. The first-order chi connectivity index (χ1) is 14.7. The number of nitrogens with zero attached hydrogens (tertiary/aromatic N) is 1. The van der Waals surface area contributed by atoms with Crippen LogP contribution in [0.4, 0.5) is 0 Å². The highest BCUT2D eigenvalue weighted by Gasteiger charge is 2.45. The smallest absolute Gasteiger partial charge is 0.127 e. The van der Waals surface area contributed by atoms with E-state index in [-0.39, 0.29) is 11.5 Å².